The second-order valence-corrected chi connectivity index (χ2v) is 10.0. The SMILES string of the molecule is COc1c(C)cc(C)cc1-c1nccn1-c1c(C)nn(C2CCS(=O)(=O)C2)c1C. The Bertz CT molecular complexity index is 1190. The number of benzene rings is 1. The van der Waals surface area contributed by atoms with Gasteiger partial charge in [-0.2, -0.15) is 5.10 Å². The van der Waals surface area contributed by atoms with Gasteiger partial charge in [0, 0.05) is 12.4 Å². The predicted octanol–water partition coefficient (Wildman–Crippen LogP) is 3.34. The van der Waals surface area contributed by atoms with Crippen molar-refractivity contribution in [2.75, 3.05) is 18.6 Å². The molecule has 154 valence electrons. The van der Waals surface area contributed by atoms with E-state index >= 15 is 0 Å². The maximum Gasteiger partial charge on any atom is 0.152 e. The number of nitrogens with zero attached hydrogens (tertiary/aromatic N) is 4. The van der Waals surface area contributed by atoms with Crippen molar-refractivity contribution < 1.29 is 13.2 Å². The first-order chi connectivity index (χ1) is 13.7. The monoisotopic (exact) mass is 414 g/mol. The fourth-order valence-electron chi connectivity index (χ4n) is 4.40. The van der Waals surface area contributed by atoms with E-state index in [1.54, 1.807) is 13.3 Å². The minimum absolute atomic E-state index is 0.116. The van der Waals surface area contributed by atoms with Gasteiger partial charge in [0.05, 0.1) is 47.3 Å². The molecule has 1 aliphatic rings. The lowest BCUT2D eigenvalue weighted by molar-refractivity contribution is 0.413. The van der Waals surface area contributed by atoms with E-state index in [0.29, 0.717) is 6.42 Å². The van der Waals surface area contributed by atoms with Gasteiger partial charge in [-0.3, -0.25) is 9.25 Å². The van der Waals surface area contributed by atoms with Crippen LogP contribution in [0.3, 0.4) is 0 Å². The number of aryl methyl sites for hydroxylation is 3. The first-order valence-electron chi connectivity index (χ1n) is 9.67. The number of rotatable bonds is 4. The number of hydrogen-bond acceptors (Lipinski definition) is 5. The second kappa shape index (κ2) is 7.02. The van der Waals surface area contributed by atoms with Gasteiger partial charge in [-0.05, 0) is 51.3 Å². The van der Waals surface area contributed by atoms with Crippen molar-refractivity contribution in [2.24, 2.45) is 0 Å². The lowest BCUT2D eigenvalue weighted by Gasteiger charge is -2.15. The molecule has 29 heavy (non-hydrogen) atoms. The topological polar surface area (TPSA) is 79.0 Å². The summed E-state index contributed by atoms with van der Waals surface area (Å²) in [5.41, 5.74) is 5.82. The van der Waals surface area contributed by atoms with Crippen LogP contribution in [0.5, 0.6) is 5.75 Å². The van der Waals surface area contributed by atoms with Crippen molar-refractivity contribution in [1.82, 2.24) is 19.3 Å². The third-order valence-electron chi connectivity index (χ3n) is 5.59. The average molecular weight is 415 g/mol. The molecule has 1 atom stereocenters. The smallest absolute Gasteiger partial charge is 0.152 e. The normalized spacial score (nSPS) is 18.3. The van der Waals surface area contributed by atoms with E-state index in [1.807, 2.05) is 36.2 Å². The van der Waals surface area contributed by atoms with E-state index in [4.69, 9.17) is 9.84 Å². The molecule has 0 saturated carbocycles. The molecule has 1 aliphatic heterocycles. The van der Waals surface area contributed by atoms with Crippen molar-refractivity contribution in [3.05, 3.63) is 47.0 Å². The first-order valence-corrected chi connectivity index (χ1v) is 11.5. The van der Waals surface area contributed by atoms with Crippen molar-refractivity contribution in [2.45, 2.75) is 40.2 Å². The highest BCUT2D eigenvalue weighted by molar-refractivity contribution is 7.91. The van der Waals surface area contributed by atoms with Gasteiger partial charge in [-0.15, -0.1) is 0 Å². The summed E-state index contributed by atoms with van der Waals surface area (Å²) in [5, 5.41) is 4.70. The third-order valence-corrected chi connectivity index (χ3v) is 7.34. The molecule has 1 unspecified atom stereocenters. The Balaban J connectivity index is 1.85. The van der Waals surface area contributed by atoms with Crippen LogP contribution in [0.15, 0.2) is 24.5 Å². The van der Waals surface area contributed by atoms with E-state index in [-0.39, 0.29) is 17.5 Å². The highest BCUT2D eigenvalue weighted by atomic mass is 32.2. The van der Waals surface area contributed by atoms with Crippen LogP contribution in [-0.4, -0.2) is 46.4 Å². The third kappa shape index (κ3) is 3.35. The Hall–Kier alpha value is -2.61. The molecular weight excluding hydrogens is 388 g/mol. The Kier molecular flexibility index (Phi) is 4.77. The summed E-state index contributed by atoms with van der Waals surface area (Å²) in [6, 6.07) is 4.05. The molecule has 0 N–H and O–H groups in total. The predicted molar refractivity (Wildman–Crippen MR) is 113 cm³/mol. The van der Waals surface area contributed by atoms with Crippen LogP contribution in [0.4, 0.5) is 0 Å². The minimum Gasteiger partial charge on any atom is -0.496 e. The zero-order chi connectivity index (χ0) is 20.9. The number of ether oxygens (including phenoxy) is 1. The Labute approximate surface area is 171 Å². The second-order valence-electron chi connectivity index (χ2n) is 7.80. The maximum absolute atomic E-state index is 11.9. The molecule has 7 nitrogen and oxygen atoms in total. The van der Waals surface area contributed by atoms with Crippen LogP contribution < -0.4 is 4.74 Å². The number of hydrogen-bond donors (Lipinski definition) is 0. The summed E-state index contributed by atoms with van der Waals surface area (Å²) in [5.74, 6) is 1.95. The molecule has 8 heteroatoms. The Morgan fingerprint density at radius 2 is 1.93 bits per heavy atom. The lowest BCUT2D eigenvalue weighted by atomic mass is 10.0. The molecule has 0 radical (unpaired) electrons. The zero-order valence-corrected chi connectivity index (χ0v) is 18.2. The molecule has 3 heterocycles. The van der Waals surface area contributed by atoms with E-state index in [2.05, 4.69) is 24.0 Å². The summed E-state index contributed by atoms with van der Waals surface area (Å²) in [6.07, 6.45) is 4.29. The number of methoxy groups -OCH3 is 1. The van der Waals surface area contributed by atoms with Gasteiger partial charge in [0.2, 0.25) is 0 Å². The summed E-state index contributed by atoms with van der Waals surface area (Å²) >= 11 is 0. The van der Waals surface area contributed by atoms with Crippen molar-refractivity contribution in [3.8, 4) is 22.8 Å². The molecule has 3 aromatic rings. The quantitative estimate of drug-likeness (QED) is 0.654. The van der Waals surface area contributed by atoms with Crippen LogP contribution in [-0.2, 0) is 9.84 Å². The molecule has 1 saturated heterocycles. The molecule has 0 aliphatic carbocycles. The van der Waals surface area contributed by atoms with Crippen molar-refractivity contribution in [3.63, 3.8) is 0 Å². The molecule has 2 aromatic heterocycles. The zero-order valence-electron chi connectivity index (χ0n) is 17.4. The van der Waals surface area contributed by atoms with Gasteiger partial charge < -0.3 is 4.74 Å². The van der Waals surface area contributed by atoms with Gasteiger partial charge in [-0.1, -0.05) is 6.07 Å². The molecule has 0 spiro atoms. The Morgan fingerprint density at radius 3 is 2.59 bits per heavy atom. The van der Waals surface area contributed by atoms with Gasteiger partial charge in [0.15, 0.2) is 9.84 Å². The number of aromatic nitrogens is 4. The van der Waals surface area contributed by atoms with E-state index < -0.39 is 9.84 Å². The molecule has 4 rings (SSSR count). The van der Waals surface area contributed by atoms with Gasteiger partial charge in [0.25, 0.3) is 0 Å². The van der Waals surface area contributed by atoms with Crippen LogP contribution in [0.1, 0.15) is 35.0 Å². The van der Waals surface area contributed by atoms with E-state index in [1.165, 1.54) is 0 Å². The fourth-order valence-corrected chi connectivity index (χ4v) is 6.09. The summed E-state index contributed by atoms with van der Waals surface area (Å²) < 4.78 is 33.5. The molecular formula is C21H26N4O3S. The van der Waals surface area contributed by atoms with Gasteiger partial charge in [0.1, 0.15) is 11.6 Å². The average Bonchev–Trinajstić information content (AvgIpc) is 3.32. The van der Waals surface area contributed by atoms with Crippen molar-refractivity contribution in [1.29, 1.82) is 0 Å². The molecule has 1 aromatic carbocycles. The molecule has 0 amide bonds. The lowest BCUT2D eigenvalue weighted by Crippen LogP contribution is -2.14. The highest BCUT2D eigenvalue weighted by Crippen LogP contribution is 2.36. The molecule has 1 fully saturated rings. The van der Waals surface area contributed by atoms with Gasteiger partial charge in [-0.25, -0.2) is 13.4 Å². The summed E-state index contributed by atoms with van der Waals surface area (Å²) in [6.45, 7) is 8.02. The Morgan fingerprint density at radius 1 is 1.17 bits per heavy atom. The van der Waals surface area contributed by atoms with Crippen LogP contribution in [0, 0.1) is 27.7 Å². The van der Waals surface area contributed by atoms with Crippen LogP contribution >= 0.6 is 0 Å². The maximum atomic E-state index is 11.9. The molecule has 0 bridgehead atoms. The number of imidazole rings is 1. The summed E-state index contributed by atoms with van der Waals surface area (Å²) in [4.78, 5) is 4.62. The standard InChI is InChI=1S/C21H26N4O3S/c1-13-10-14(2)20(28-5)18(11-13)21-22-7-8-24(21)19-15(3)23-25(16(19)4)17-6-9-29(26,27)12-17/h7-8,10-11,17H,6,9,12H2,1-5H3. The van der Waals surface area contributed by atoms with E-state index in [0.717, 1.165) is 45.3 Å². The minimum atomic E-state index is -2.98. The largest absolute Gasteiger partial charge is 0.496 e. The number of sulfone groups is 1. The fraction of sp³-hybridized carbons (Fsp3) is 0.429. The van der Waals surface area contributed by atoms with Gasteiger partial charge >= 0.3 is 0 Å². The van der Waals surface area contributed by atoms with E-state index in [9.17, 15) is 8.42 Å². The summed E-state index contributed by atoms with van der Waals surface area (Å²) in [7, 11) is -1.31. The van der Waals surface area contributed by atoms with Crippen molar-refractivity contribution >= 4 is 9.84 Å². The van der Waals surface area contributed by atoms with Crippen LogP contribution in [0.2, 0.25) is 0 Å². The van der Waals surface area contributed by atoms with Crippen LogP contribution in [0.25, 0.3) is 17.1 Å². The first kappa shape index (κ1) is 19.7. The highest BCUT2D eigenvalue weighted by Gasteiger charge is 2.32.